The highest BCUT2D eigenvalue weighted by molar-refractivity contribution is 5.76. The van der Waals surface area contributed by atoms with E-state index in [-0.39, 0.29) is 5.91 Å². The van der Waals surface area contributed by atoms with Gasteiger partial charge in [0.1, 0.15) is 11.5 Å². The summed E-state index contributed by atoms with van der Waals surface area (Å²) in [6.07, 6.45) is 2.56. The Balaban J connectivity index is 1.40. The van der Waals surface area contributed by atoms with E-state index in [4.69, 9.17) is 9.47 Å². The first kappa shape index (κ1) is 17.3. The van der Waals surface area contributed by atoms with Crippen LogP contribution in [0.4, 0.5) is 0 Å². The van der Waals surface area contributed by atoms with Gasteiger partial charge in [0, 0.05) is 19.0 Å². The number of piperidine rings is 1. The van der Waals surface area contributed by atoms with Gasteiger partial charge in [-0.2, -0.15) is 0 Å². The number of ether oxygens (including phenoxy) is 2. The Kier molecular flexibility index (Phi) is 6.32. The molecule has 132 valence electrons. The Bertz CT molecular complexity index is 645. The first-order chi connectivity index (χ1) is 12.3. The van der Waals surface area contributed by atoms with Crippen LogP contribution >= 0.6 is 0 Å². The number of nitrogens with zero attached hydrogens (tertiary/aromatic N) is 1. The quantitative estimate of drug-likeness (QED) is 0.771. The molecule has 2 aromatic rings. The lowest BCUT2D eigenvalue weighted by Gasteiger charge is -2.32. The number of amides is 1. The lowest BCUT2D eigenvalue weighted by Crippen LogP contribution is -2.42. The third kappa shape index (κ3) is 5.52. The maximum Gasteiger partial charge on any atom is 0.226 e. The molecule has 1 unspecified atom stereocenters. The van der Waals surface area contributed by atoms with E-state index in [1.54, 1.807) is 0 Å². The molecule has 1 atom stereocenters. The van der Waals surface area contributed by atoms with Gasteiger partial charge < -0.3 is 14.4 Å². The zero-order chi connectivity index (χ0) is 17.3. The van der Waals surface area contributed by atoms with Crippen LogP contribution in [-0.4, -0.2) is 37.1 Å². The van der Waals surface area contributed by atoms with E-state index in [1.165, 1.54) is 0 Å². The van der Waals surface area contributed by atoms with Crippen LogP contribution in [0, 0.1) is 5.92 Å². The molecule has 4 heteroatoms. The van der Waals surface area contributed by atoms with Gasteiger partial charge in [0.25, 0.3) is 0 Å². The maximum absolute atomic E-state index is 12.4. The van der Waals surface area contributed by atoms with E-state index >= 15 is 0 Å². The van der Waals surface area contributed by atoms with Crippen LogP contribution in [0.1, 0.15) is 19.3 Å². The molecule has 1 aliphatic rings. The molecule has 1 heterocycles. The van der Waals surface area contributed by atoms with Gasteiger partial charge in [-0.05, 0) is 37.1 Å². The van der Waals surface area contributed by atoms with Gasteiger partial charge in [0.15, 0.2) is 0 Å². The summed E-state index contributed by atoms with van der Waals surface area (Å²) in [6, 6.07) is 19.5. The van der Waals surface area contributed by atoms with E-state index in [0.717, 1.165) is 37.4 Å². The monoisotopic (exact) mass is 339 g/mol. The highest BCUT2D eigenvalue weighted by Crippen LogP contribution is 2.19. The molecule has 25 heavy (non-hydrogen) atoms. The van der Waals surface area contributed by atoms with Gasteiger partial charge in [-0.25, -0.2) is 0 Å². The summed E-state index contributed by atoms with van der Waals surface area (Å²) >= 11 is 0. The normalized spacial score (nSPS) is 17.1. The summed E-state index contributed by atoms with van der Waals surface area (Å²) in [7, 11) is 0. The summed E-state index contributed by atoms with van der Waals surface area (Å²) in [4.78, 5) is 14.4. The Morgan fingerprint density at radius 3 is 2.28 bits per heavy atom. The minimum Gasteiger partial charge on any atom is -0.493 e. The molecular weight excluding hydrogens is 314 g/mol. The second-order valence-electron chi connectivity index (χ2n) is 6.38. The highest BCUT2D eigenvalue weighted by Gasteiger charge is 2.24. The van der Waals surface area contributed by atoms with Crippen molar-refractivity contribution in [3.05, 3.63) is 60.7 Å². The van der Waals surface area contributed by atoms with E-state index in [2.05, 4.69) is 0 Å². The third-order valence-electron chi connectivity index (χ3n) is 4.43. The number of para-hydroxylation sites is 2. The van der Waals surface area contributed by atoms with Gasteiger partial charge in [0.2, 0.25) is 5.91 Å². The van der Waals surface area contributed by atoms with Crippen molar-refractivity contribution in [2.45, 2.75) is 19.3 Å². The third-order valence-corrected chi connectivity index (χ3v) is 4.43. The Hall–Kier alpha value is -2.49. The summed E-state index contributed by atoms with van der Waals surface area (Å²) in [5, 5.41) is 0. The lowest BCUT2D eigenvalue weighted by molar-refractivity contribution is -0.133. The van der Waals surface area contributed by atoms with Crippen molar-refractivity contribution < 1.29 is 14.3 Å². The van der Waals surface area contributed by atoms with Crippen LogP contribution in [-0.2, 0) is 4.79 Å². The molecule has 2 aromatic carbocycles. The Morgan fingerprint density at radius 1 is 0.960 bits per heavy atom. The molecule has 0 aromatic heterocycles. The molecular formula is C21H25NO3. The molecule has 1 saturated heterocycles. The largest absolute Gasteiger partial charge is 0.493 e. The molecule has 0 bridgehead atoms. The number of benzene rings is 2. The lowest BCUT2D eigenvalue weighted by atomic mass is 9.98. The van der Waals surface area contributed by atoms with E-state index in [1.807, 2.05) is 65.6 Å². The van der Waals surface area contributed by atoms with Crippen molar-refractivity contribution in [2.24, 2.45) is 5.92 Å². The number of hydrogen-bond acceptors (Lipinski definition) is 3. The van der Waals surface area contributed by atoms with E-state index < -0.39 is 0 Å². The van der Waals surface area contributed by atoms with E-state index in [9.17, 15) is 4.79 Å². The molecule has 0 spiro atoms. The summed E-state index contributed by atoms with van der Waals surface area (Å²) in [5.74, 6) is 2.26. The van der Waals surface area contributed by atoms with Crippen LogP contribution in [0.2, 0.25) is 0 Å². The summed E-state index contributed by atoms with van der Waals surface area (Å²) < 4.78 is 11.5. The van der Waals surface area contributed by atoms with Crippen LogP contribution in [0.25, 0.3) is 0 Å². The molecule has 0 N–H and O–H groups in total. The van der Waals surface area contributed by atoms with Crippen molar-refractivity contribution >= 4 is 5.91 Å². The van der Waals surface area contributed by atoms with Crippen molar-refractivity contribution in [3.8, 4) is 11.5 Å². The van der Waals surface area contributed by atoms with Gasteiger partial charge in [-0.3, -0.25) is 4.79 Å². The zero-order valence-corrected chi connectivity index (χ0v) is 14.5. The number of carbonyl (C=O) groups excluding carboxylic acids is 1. The number of hydrogen-bond donors (Lipinski definition) is 0. The second-order valence-corrected chi connectivity index (χ2v) is 6.38. The minimum absolute atomic E-state index is 0.167. The fourth-order valence-electron chi connectivity index (χ4n) is 3.09. The molecule has 0 saturated carbocycles. The average molecular weight is 339 g/mol. The second kappa shape index (κ2) is 9.11. The fourth-order valence-corrected chi connectivity index (χ4v) is 3.09. The molecule has 0 aliphatic carbocycles. The molecule has 1 fully saturated rings. The standard InChI is InChI=1S/C21H25NO3/c23-21(13-15-24-19-9-3-1-4-10-19)22-14-7-8-18(16-22)17-25-20-11-5-2-6-12-20/h1-6,9-12,18H,7-8,13-17H2. The molecule has 1 aliphatic heterocycles. The highest BCUT2D eigenvalue weighted by atomic mass is 16.5. The van der Waals surface area contributed by atoms with Crippen LogP contribution in [0.3, 0.4) is 0 Å². The number of rotatable bonds is 7. The van der Waals surface area contributed by atoms with E-state index in [0.29, 0.717) is 25.6 Å². The number of likely N-dealkylation sites (tertiary alicyclic amines) is 1. The van der Waals surface area contributed by atoms with Crippen molar-refractivity contribution in [1.29, 1.82) is 0 Å². The molecule has 4 nitrogen and oxygen atoms in total. The SMILES string of the molecule is O=C(CCOc1ccccc1)N1CCCC(COc2ccccc2)C1. The van der Waals surface area contributed by atoms with Gasteiger partial charge in [-0.1, -0.05) is 36.4 Å². The van der Waals surface area contributed by atoms with Crippen molar-refractivity contribution in [1.82, 2.24) is 4.90 Å². The Morgan fingerprint density at radius 2 is 1.60 bits per heavy atom. The smallest absolute Gasteiger partial charge is 0.226 e. The average Bonchev–Trinajstić information content (AvgIpc) is 2.68. The zero-order valence-electron chi connectivity index (χ0n) is 14.5. The minimum atomic E-state index is 0.167. The van der Waals surface area contributed by atoms with Gasteiger partial charge in [-0.15, -0.1) is 0 Å². The summed E-state index contributed by atoms with van der Waals surface area (Å²) in [6.45, 7) is 2.70. The number of carbonyl (C=O) groups is 1. The van der Waals surface area contributed by atoms with Crippen LogP contribution in [0.15, 0.2) is 60.7 Å². The topological polar surface area (TPSA) is 38.8 Å². The predicted molar refractivity (Wildman–Crippen MR) is 97.8 cm³/mol. The van der Waals surface area contributed by atoms with Crippen molar-refractivity contribution in [2.75, 3.05) is 26.3 Å². The van der Waals surface area contributed by atoms with Crippen LogP contribution < -0.4 is 9.47 Å². The van der Waals surface area contributed by atoms with Gasteiger partial charge >= 0.3 is 0 Å². The van der Waals surface area contributed by atoms with Crippen LogP contribution in [0.5, 0.6) is 11.5 Å². The fraction of sp³-hybridized carbons (Fsp3) is 0.381. The molecule has 0 radical (unpaired) electrons. The first-order valence-electron chi connectivity index (χ1n) is 8.95. The maximum atomic E-state index is 12.4. The summed E-state index contributed by atoms with van der Waals surface area (Å²) in [5.41, 5.74) is 0. The predicted octanol–water partition coefficient (Wildman–Crippen LogP) is 3.77. The molecule has 3 rings (SSSR count). The first-order valence-corrected chi connectivity index (χ1v) is 8.95. The van der Waals surface area contributed by atoms with Crippen molar-refractivity contribution in [3.63, 3.8) is 0 Å². The molecule has 1 amide bonds. The van der Waals surface area contributed by atoms with Gasteiger partial charge in [0.05, 0.1) is 19.6 Å². The Labute approximate surface area is 149 Å².